The highest BCUT2D eigenvalue weighted by Crippen LogP contribution is 2.17. The second-order valence-electron chi connectivity index (χ2n) is 11.7. The average molecular weight is 539 g/mol. The zero-order valence-electron chi connectivity index (χ0n) is 26.2. The summed E-state index contributed by atoms with van der Waals surface area (Å²) < 4.78 is 0. The van der Waals surface area contributed by atoms with Gasteiger partial charge in [0.1, 0.15) is 0 Å². The second-order valence-corrected chi connectivity index (χ2v) is 11.7. The molecule has 0 aliphatic heterocycles. The van der Waals surface area contributed by atoms with Crippen LogP contribution in [-0.2, 0) is 4.79 Å². The molecule has 3 aliphatic carbocycles. The molecule has 0 atom stereocenters. The molecule has 0 heterocycles. The first-order valence-corrected chi connectivity index (χ1v) is 17.0. The number of aliphatic carboxylic acids is 1. The summed E-state index contributed by atoms with van der Waals surface area (Å²) in [5, 5.41) is 14.9. The van der Waals surface area contributed by atoms with Gasteiger partial charge in [-0.15, -0.1) is 0 Å². The Labute approximate surface area is 239 Å². The molecule has 0 aromatic heterocycles. The molecule has 228 valence electrons. The van der Waals surface area contributed by atoms with E-state index in [4.69, 9.17) is 10.2 Å². The molecule has 3 saturated carbocycles. The first-order chi connectivity index (χ1) is 18.6. The van der Waals surface area contributed by atoms with E-state index in [1.807, 2.05) is 0 Å². The average Bonchev–Trinajstić information content (AvgIpc) is 2.96. The van der Waals surface area contributed by atoms with Crippen molar-refractivity contribution in [3.63, 3.8) is 0 Å². The van der Waals surface area contributed by atoms with Gasteiger partial charge in [-0.3, -0.25) is 0 Å². The molecule has 3 fully saturated rings. The summed E-state index contributed by atoms with van der Waals surface area (Å²) in [7, 11) is 1.00. The second kappa shape index (κ2) is 36.2. The van der Waals surface area contributed by atoms with Crippen molar-refractivity contribution in [2.24, 2.45) is 0 Å². The predicted molar refractivity (Wildman–Crippen MR) is 169 cm³/mol. The molecular formula is C35H70O3. The van der Waals surface area contributed by atoms with Crippen LogP contribution in [0.3, 0.4) is 0 Å². The number of aliphatic hydroxyl groups excluding tert-OH is 1. The summed E-state index contributed by atoms with van der Waals surface area (Å²) in [5.74, 6) is -0.935. The zero-order valence-corrected chi connectivity index (χ0v) is 26.2. The van der Waals surface area contributed by atoms with Gasteiger partial charge in [-0.25, -0.2) is 4.79 Å². The smallest absolute Gasteiger partial charge is 0.330 e. The van der Waals surface area contributed by atoms with E-state index in [2.05, 4.69) is 6.58 Å². The van der Waals surface area contributed by atoms with Crippen molar-refractivity contribution >= 4 is 5.97 Å². The molecule has 0 amide bonds. The van der Waals surface area contributed by atoms with Crippen LogP contribution in [0.5, 0.6) is 0 Å². The third kappa shape index (κ3) is 37.3. The summed E-state index contributed by atoms with van der Waals surface area (Å²) in [6.45, 7) is 4.60. The minimum Gasteiger partial charge on any atom is -0.478 e. The molecule has 3 heteroatoms. The fraction of sp³-hybridized carbons (Fsp3) is 0.914. The van der Waals surface area contributed by atoms with Crippen LogP contribution < -0.4 is 0 Å². The molecule has 0 saturated heterocycles. The topological polar surface area (TPSA) is 57.5 Å². The summed E-state index contributed by atoms with van der Waals surface area (Å²) in [4.78, 5) is 9.60. The van der Waals surface area contributed by atoms with E-state index in [1.165, 1.54) is 200 Å². The number of hydrogen-bond acceptors (Lipinski definition) is 2. The van der Waals surface area contributed by atoms with Crippen molar-refractivity contribution in [2.75, 3.05) is 7.11 Å². The molecule has 3 aliphatic rings. The Bertz CT molecular complexity index is 301. The maximum Gasteiger partial charge on any atom is 0.330 e. The van der Waals surface area contributed by atoms with E-state index in [0.29, 0.717) is 0 Å². The van der Waals surface area contributed by atoms with Crippen molar-refractivity contribution < 1.29 is 15.0 Å². The molecule has 0 bridgehead atoms. The van der Waals surface area contributed by atoms with E-state index in [0.717, 1.165) is 7.11 Å². The SMILES string of the molecule is C1CCCCCCCCC1.C1CCCCCCCCC1.C1CCCCCCCCC1.C=C(C)C(=O)O.CO. The van der Waals surface area contributed by atoms with Gasteiger partial charge in [0.05, 0.1) is 0 Å². The lowest BCUT2D eigenvalue weighted by Crippen LogP contribution is -1.92. The predicted octanol–water partition coefficient (Wildman–Crippen LogP) is 12.0. The first kappa shape index (κ1) is 39.3. The highest BCUT2D eigenvalue weighted by atomic mass is 16.4. The number of aliphatic hydroxyl groups is 1. The van der Waals surface area contributed by atoms with Gasteiger partial charge in [0.15, 0.2) is 0 Å². The standard InChI is InChI=1S/3C10H20.C4H6O2.CH4O/c3*1-2-4-6-8-10-9-7-5-3-1;1-3(2)4(5)6;1-2/h3*1-10H2;1H2,2H3,(H,5,6);2H,1H3. The van der Waals surface area contributed by atoms with E-state index in [9.17, 15) is 4.79 Å². The summed E-state index contributed by atoms with van der Waals surface area (Å²) in [6, 6.07) is 0. The van der Waals surface area contributed by atoms with Crippen molar-refractivity contribution in [2.45, 2.75) is 200 Å². The molecule has 0 spiro atoms. The number of carbonyl (C=O) groups is 1. The monoisotopic (exact) mass is 539 g/mol. The van der Waals surface area contributed by atoms with Crippen LogP contribution in [0.1, 0.15) is 200 Å². The van der Waals surface area contributed by atoms with E-state index in [-0.39, 0.29) is 5.57 Å². The lowest BCUT2D eigenvalue weighted by molar-refractivity contribution is -0.132. The van der Waals surface area contributed by atoms with Crippen LogP contribution in [0.4, 0.5) is 0 Å². The lowest BCUT2D eigenvalue weighted by atomic mass is 10.0. The van der Waals surface area contributed by atoms with Gasteiger partial charge in [0.25, 0.3) is 0 Å². The third-order valence-electron chi connectivity index (χ3n) is 7.87. The number of carboxylic acid groups (broad SMARTS) is 1. The van der Waals surface area contributed by atoms with Gasteiger partial charge in [-0.2, -0.15) is 0 Å². The van der Waals surface area contributed by atoms with Crippen LogP contribution in [0.2, 0.25) is 0 Å². The molecule has 0 aromatic carbocycles. The van der Waals surface area contributed by atoms with Crippen molar-refractivity contribution in [1.29, 1.82) is 0 Å². The highest BCUT2D eigenvalue weighted by molar-refractivity contribution is 5.84. The molecule has 3 nitrogen and oxygen atoms in total. The Kier molecular flexibility index (Phi) is 37.4. The van der Waals surface area contributed by atoms with Gasteiger partial charge in [-0.1, -0.05) is 199 Å². The van der Waals surface area contributed by atoms with E-state index >= 15 is 0 Å². The molecule has 2 N–H and O–H groups in total. The fourth-order valence-electron chi connectivity index (χ4n) is 5.30. The quantitative estimate of drug-likeness (QED) is 0.326. The molecule has 0 aromatic rings. The van der Waals surface area contributed by atoms with Crippen LogP contribution in [0.15, 0.2) is 12.2 Å². The van der Waals surface area contributed by atoms with Gasteiger partial charge < -0.3 is 10.2 Å². The third-order valence-corrected chi connectivity index (χ3v) is 7.87. The normalized spacial score (nSPS) is 20.3. The maximum atomic E-state index is 9.60. The van der Waals surface area contributed by atoms with Gasteiger partial charge in [-0.05, 0) is 6.92 Å². The summed E-state index contributed by atoms with van der Waals surface area (Å²) >= 11 is 0. The van der Waals surface area contributed by atoms with E-state index in [1.54, 1.807) is 0 Å². The Morgan fingerprint density at radius 2 is 0.421 bits per heavy atom. The molecule has 0 unspecified atom stereocenters. The van der Waals surface area contributed by atoms with Crippen LogP contribution in [0.25, 0.3) is 0 Å². The largest absolute Gasteiger partial charge is 0.478 e. The van der Waals surface area contributed by atoms with Crippen molar-refractivity contribution in [1.82, 2.24) is 0 Å². The molecule has 38 heavy (non-hydrogen) atoms. The highest BCUT2D eigenvalue weighted by Gasteiger charge is 1.98. The minimum atomic E-state index is -0.935. The molecule has 3 rings (SSSR count). The Morgan fingerprint density at radius 1 is 0.368 bits per heavy atom. The number of carboxylic acids is 1. The Morgan fingerprint density at radius 3 is 0.447 bits per heavy atom. The van der Waals surface area contributed by atoms with E-state index < -0.39 is 5.97 Å². The summed E-state index contributed by atoms with van der Waals surface area (Å²) in [6.07, 6.45) is 45.0. The fourth-order valence-corrected chi connectivity index (χ4v) is 5.30. The van der Waals surface area contributed by atoms with Crippen LogP contribution >= 0.6 is 0 Å². The first-order valence-electron chi connectivity index (χ1n) is 17.0. The van der Waals surface area contributed by atoms with Crippen LogP contribution in [-0.4, -0.2) is 23.3 Å². The van der Waals surface area contributed by atoms with Crippen molar-refractivity contribution in [3.05, 3.63) is 12.2 Å². The van der Waals surface area contributed by atoms with Crippen molar-refractivity contribution in [3.8, 4) is 0 Å². The minimum absolute atomic E-state index is 0.176. The zero-order chi connectivity index (χ0) is 28.4. The maximum absolute atomic E-state index is 9.60. The molecule has 0 radical (unpaired) electrons. The summed E-state index contributed by atoms with van der Waals surface area (Å²) in [5.41, 5.74) is 0.176. The van der Waals surface area contributed by atoms with Gasteiger partial charge in [0, 0.05) is 12.7 Å². The van der Waals surface area contributed by atoms with Gasteiger partial charge in [0.2, 0.25) is 0 Å². The Hall–Kier alpha value is -0.830. The van der Waals surface area contributed by atoms with Gasteiger partial charge >= 0.3 is 5.97 Å². The Balaban J connectivity index is 0. The van der Waals surface area contributed by atoms with Crippen LogP contribution in [0, 0.1) is 0 Å². The molecular weight excluding hydrogens is 468 g/mol. The number of rotatable bonds is 1. The lowest BCUT2D eigenvalue weighted by Gasteiger charge is -2.05. The number of hydrogen-bond donors (Lipinski definition) is 2.